The van der Waals surface area contributed by atoms with Crippen molar-refractivity contribution >= 4 is 34.2 Å². The molecule has 0 unspecified atom stereocenters. The minimum atomic E-state index is 0.0159. The third kappa shape index (κ3) is 7.99. The average molecular weight is 478 g/mol. The summed E-state index contributed by atoms with van der Waals surface area (Å²) in [5.74, 6) is 0.0159. The third-order valence-corrected chi connectivity index (χ3v) is 5.10. The molecule has 0 aliphatic rings. The van der Waals surface area contributed by atoms with Crippen LogP contribution in [0.15, 0.2) is 55.0 Å². The number of carbonyl (C=O) groups excluding carboxylic acids is 1. The third-order valence-electron chi connectivity index (χ3n) is 4.15. The summed E-state index contributed by atoms with van der Waals surface area (Å²) in [5.41, 5.74) is 8.37. The molecule has 5 nitrogen and oxygen atoms in total. The highest BCUT2D eigenvalue weighted by molar-refractivity contribution is 14.1. The average Bonchev–Trinajstić information content (AvgIpc) is 2.70. The number of benzene rings is 1. The summed E-state index contributed by atoms with van der Waals surface area (Å²) in [6.45, 7) is 1.64. The lowest BCUT2D eigenvalue weighted by molar-refractivity contribution is 0.0952. The first-order valence-electron chi connectivity index (χ1n) is 9.30. The SMILES string of the molecule is N/C(=C\NCCCCCCCNC(=O)c1ccccc1I)c1cccnc1. The molecular weight excluding hydrogens is 451 g/mol. The molecule has 0 saturated carbocycles. The van der Waals surface area contributed by atoms with Crippen molar-refractivity contribution in [3.05, 3.63) is 69.7 Å². The van der Waals surface area contributed by atoms with Crippen molar-refractivity contribution < 1.29 is 4.79 Å². The van der Waals surface area contributed by atoms with Crippen LogP contribution in [0.3, 0.4) is 0 Å². The van der Waals surface area contributed by atoms with Gasteiger partial charge in [-0.3, -0.25) is 9.78 Å². The zero-order valence-corrected chi connectivity index (χ0v) is 17.6. The van der Waals surface area contributed by atoms with Crippen LogP contribution in [0, 0.1) is 3.57 Å². The zero-order valence-electron chi connectivity index (χ0n) is 15.5. The van der Waals surface area contributed by atoms with Crippen molar-refractivity contribution in [3.8, 4) is 0 Å². The number of nitrogens with two attached hydrogens (primary N) is 1. The predicted molar refractivity (Wildman–Crippen MR) is 119 cm³/mol. The number of rotatable bonds is 11. The maximum absolute atomic E-state index is 12.1. The van der Waals surface area contributed by atoms with Crippen LogP contribution in [0.25, 0.3) is 5.70 Å². The topological polar surface area (TPSA) is 80.0 Å². The van der Waals surface area contributed by atoms with Gasteiger partial charge < -0.3 is 16.4 Å². The molecule has 1 amide bonds. The van der Waals surface area contributed by atoms with Gasteiger partial charge in [-0.15, -0.1) is 0 Å². The van der Waals surface area contributed by atoms with Gasteiger partial charge >= 0.3 is 0 Å². The number of nitrogens with zero attached hydrogens (tertiary/aromatic N) is 1. The maximum atomic E-state index is 12.1. The van der Waals surface area contributed by atoms with Gasteiger partial charge in [0.1, 0.15) is 0 Å². The number of pyridine rings is 1. The Morgan fingerprint density at radius 1 is 1.04 bits per heavy atom. The Hall–Kier alpha value is -2.09. The van der Waals surface area contributed by atoms with Gasteiger partial charge in [0.2, 0.25) is 0 Å². The van der Waals surface area contributed by atoms with E-state index in [1.165, 1.54) is 6.42 Å². The van der Waals surface area contributed by atoms with E-state index in [2.05, 4.69) is 38.2 Å². The summed E-state index contributed by atoms with van der Waals surface area (Å²) in [6, 6.07) is 11.5. The molecule has 144 valence electrons. The Kier molecular flexibility index (Phi) is 9.68. The molecule has 27 heavy (non-hydrogen) atoms. The fourth-order valence-electron chi connectivity index (χ4n) is 2.62. The Bertz CT molecular complexity index is 734. The lowest BCUT2D eigenvalue weighted by atomic mass is 10.1. The molecule has 0 atom stereocenters. The summed E-state index contributed by atoms with van der Waals surface area (Å²) < 4.78 is 0.985. The normalized spacial score (nSPS) is 11.2. The summed E-state index contributed by atoms with van der Waals surface area (Å²) in [7, 11) is 0. The minimum Gasteiger partial charge on any atom is -0.397 e. The van der Waals surface area contributed by atoms with E-state index in [0.717, 1.165) is 53.5 Å². The Morgan fingerprint density at radius 3 is 2.52 bits per heavy atom. The van der Waals surface area contributed by atoms with Crippen LogP contribution in [0.1, 0.15) is 48.0 Å². The quantitative estimate of drug-likeness (QED) is 0.338. The second-order valence-electron chi connectivity index (χ2n) is 6.30. The van der Waals surface area contributed by atoms with Crippen molar-refractivity contribution in [2.75, 3.05) is 13.1 Å². The van der Waals surface area contributed by atoms with Crippen LogP contribution < -0.4 is 16.4 Å². The second-order valence-corrected chi connectivity index (χ2v) is 7.46. The van der Waals surface area contributed by atoms with Crippen molar-refractivity contribution in [2.45, 2.75) is 32.1 Å². The minimum absolute atomic E-state index is 0.0159. The highest BCUT2D eigenvalue weighted by Gasteiger charge is 2.07. The number of unbranched alkanes of at least 4 members (excludes halogenated alkanes) is 4. The molecule has 2 aromatic rings. The van der Waals surface area contributed by atoms with E-state index in [-0.39, 0.29) is 5.91 Å². The monoisotopic (exact) mass is 478 g/mol. The largest absolute Gasteiger partial charge is 0.397 e. The summed E-state index contributed by atoms with van der Waals surface area (Å²) in [5, 5.41) is 6.25. The van der Waals surface area contributed by atoms with E-state index in [4.69, 9.17) is 5.73 Å². The fraction of sp³-hybridized carbons (Fsp3) is 0.333. The molecule has 4 N–H and O–H groups in total. The molecule has 1 aromatic carbocycles. The van der Waals surface area contributed by atoms with E-state index in [1.807, 2.05) is 42.6 Å². The number of aromatic nitrogens is 1. The number of nitrogens with one attached hydrogen (secondary N) is 2. The van der Waals surface area contributed by atoms with Crippen LogP contribution in [-0.2, 0) is 0 Å². The first-order chi connectivity index (χ1) is 13.2. The van der Waals surface area contributed by atoms with Gasteiger partial charge in [0, 0.05) is 40.8 Å². The Labute approximate surface area is 175 Å². The van der Waals surface area contributed by atoms with Crippen LogP contribution >= 0.6 is 22.6 Å². The number of carbonyl (C=O) groups is 1. The lowest BCUT2D eigenvalue weighted by Crippen LogP contribution is -2.25. The second kappa shape index (κ2) is 12.3. The molecule has 0 bridgehead atoms. The van der Waals surface area contributed by atoms with E-state index in [1.54, 1.807) is 12.4 Å². The molecule has 0 spiro atoms. The van der Waals surface area contributed by atoms with Gasteiger partial charge in [0.05, 0.1) is 11.3 Å². The van der Waals surface area contributed by atoms with Crippen molar-refractivity contribution in [3.63, 3.8) is 0 Å². The molecule has 0 fully saturated rings. The molecule has 6 heteroatoms. The standard InChI is InChI=1S/C21H27IN4O/c22-19-11-5-4-10-18(19)21(27)26-14-7-3-1-2-6-12-25-16-20(23)17-9-8-13-24-15-17/h4-5,8-11,13,15-16,25H,1-3,6-7,12,14,23H2,(H,26,27)/b20-16-. The zero-order chi connectivity index (χ0) is 19.3. The summed E-state index contributed by atoms with van der Waals surface area (Å²) in [4.78, 5) is 16.1. The van der Waals surface area contributed by atoms with Gasteiger partial charge in [-0.25, -0.2) is 0 Å². The first-order valence-corrected chi connectivity index (χ1v) is 10.4. The van der Waals surface area contributed by atoms with Gasteiger partial charge in [0.25, 0.3) is 5.91 Å². The number of hydrogen-bond donors (Lipinski definition) is 3. The molecule has 0 radical (unpaired) electrons. The lowest BCUT2D eigenvalue weighted by Gasteiger charge is -2.07. The Balaban J connectivity index is 1.48. The van der Waals surface area contributed by atoms with Crippen molar-refractivity contribution in [1.82, 2.24) is 15.6 Å². The van der Waals surface area contributed by atoms with Gasteiger partial charge in [0.15, 0.2) is 0 Å². The predicted octanol–water partition coefficient (Wildman–Crippen LogP) is 3.91. The molecule has 0 aliphatic carbocycles. The van der Waals surface area contributed by atoms with E-state index in [0.29, 0.717) is 5.70 Å². The molecule has 0 saturated heterocycles. The maximum Gasteiger partial charge on any atom is 0.252 e. The van der Waals surface area contributed by atoms with Crippen LogP contribution in [-0.4, -0.2) is 24.0 Å². The molecule has 1 heterocycles. The van der Waals surface area contributed by atoms with Gasteiger partial charge in [-0.1, -0.05) is 31.4 Å². The number of hydrogen-bond acceptors (Lipinski definition) is 4. The van der Waals surface area contributed by atoms with Crippen LogP contribution in [0.5, 0.6) is 0 Å². The fourth-order valence-corrected chi connectivity index (χ4v) is 3.26. The first kappa shape index (κ1) is 21.2. The smallest absolute Gasteiger partial charge is 0.252 e. The Morgan fingerprint density at radius 2 is 1.78 bits per heavy atom. The molecule has 0 aliphatic heterocycles. The van der Waals surface area contributed by atoms with Gasteiger partial charge in [-0.05, 0) is 59.7 Å². The van der Waals surface area contributed by atoms with Crippen molar-refractivity contribution in [2.24, 2.45) is 5.73 Å². The molecule has 2 rings (SSSR count). The van der Waals surface area contributed by atoms with Gasteiger partial charge in [-0.2, -0.15) is 0 Å². The van der Waals surface area contributed by atoms with Crippen LogP contribution in [0.4, 0.5) is 0 Å². The van der Waals surface area contributed by atoms with E-state index >= 15 is 0 Å². The highest BCUT2D eigenvalue weighted by Crippen LogP contribution is 2.11. The van der Waals surface area contributed by atoms with E-state index in [9.17, 15) is 4.79 Å². The molecule has 1 aromatic heterocycles. The van der Waals surface area contributed by atoms with E-state index < -0.39 is 0 Å². The van der Waals surface area contributed by atoms with Crippen LogP contribution in [0.2, 0.25) is 0 Å². The summed E-state index contributed by atoms with van der Waals surface area (Å²) >= 11 is 2.19. The number of amides is 1. The summed E-state index contributed by atoms with van der Waals surface area (Å²) in [6.07, 6.45) is 10.9. The highest BCUT2D eigenvalue weighted by atomic mass is 127. The van der Waals surface area contributed by atoms with Crippen molar-refractivity contribution in [1.29, 1.82) is 0 Å². The number of halogens is 1. The molecular formula is C21H27IN4O.